The molecule has 0 N–H and O–H groups in total. The molecule has 4 heteroatoms. The molecule has 0 aromatic carbocycles. The number of aromatic nitrogens is 1. The van der Waals surface area contributed by atoms with E-state index in [0.717, 1.165) is 25.2 Å². The Kier molecular flexibility index (Phi) is 3.19. The molecule has 0 spiro atoms. The van der Waals surface area contributed by atoms with Crippen LogP contribution in [0.25, 0.3) is 0 Å². The summed E-state index contributed by atoms with van der Waals surface area (Å²) in [6.45, 7) is 5.81. The van der Waals surface area contributed by atoms with Crippen molar-refractivity contribution in [3.63, 3.8) is 0 Å². The minimum atomic E-state index is 0.219. The molecule has 86 valence electrons. The lowest BCUT2D eigenvalue weighted by Crippen LogP contribution is -2.45. The van der Waals surface area contributed by atoms with E-state index >= 15 is 0 Å². The number of ether oxygens (including phenoxy) is 1. The number of morpholine rings is 1. The van der Waals surface area contributed by atoms with Gasteiger partial charge in [-0.3, -0.25) is 4.79 Å². The highest BCUT2D eigenvalue weighted by molar-refractivity contribution is 5.74. The van der Waals surface area contributed by atoms with E-state index in [4.69, 9.17) is 4.74 Å². The Labute approximate surface area is 95.2 Å². The Balaban J connectivity index is 2.13. The minimum Gasteiger partial charge on any atom is -0.372 e. The summed E-state index contributed by atoms with van der Waals surface area (Å²) < 4.78 is 5.66. The second-order valence-electron chi connectivity index (χ2n) is 4.23. The van der Waals surface area contributed by atoms with Crippen LogP contribution in [-0.2, 0) is 4.74 Å². The van der Waals surface area contributed by atoms with E-state index in [0.29, 0.717) is 5.56 Å². The number of pyridine rings is 1. The van der Waals surface area contributed by atoms with Crippen molar-refractivity contribution in [2.75, 3.05) is 18.0 Å². The average molecular weight is 220 g/mol. The third-order valence-corrected chi connectivity index (χ3v) is 2.65. The number of rotatable bonds is 2. The highest BCUT2D eigenvalue weighted by atomic mass is 16.5. The summed E-state index contributed by atoms with van der Waals surface area (Å²) in [5, 5.41) is 0. The molecule has 0 unspecified atom stereocenters. The number of hydrogen-bond acceptors (Lipinski definition) is 4. The maximum Gasteiger partial charge on any atom is 0.151 e. The lowest BCUT2D eigenvalue weighted by atomic mass is 10.2. The highest BCUT2D eigenvalue weighted by Gasteiger charge is 2.22. The number of nitrogens with zero attached hydrogens (tertiary/aromatic N) is 2. The maximum atomic E-state index is 10.5. The van der Waals surface area contributed by atoms with Crippen molar-refractivity contribution in [1.82, 2.24) is 4.98 Å². The zero-order chi connectivity index (χ0) is 11.5. The van der Waals surface area contributed by atoms with Gasteiger partial charge in [0.25, 0.3) is 0 Å². The molecule has 1 saturated heterocycles. The Morgan fingerprint density at radius 3 is 2.56 bits per heavy atom. The van der Waals surface area contributed by atoms with Crippen molar-refractivity contribution >= 4 is 12.1 Å². The Morgan fingerprint density at radius 2 is 2.06 bits per heavy atom. The monoisotopic (exact) mass is 220 g/mol. The normalized spacial score (nSPS) is 25.5. The third-order valence-electron chi connectivity index (χ3n) is 2.65. The van der Waals surface area contributed by atoms with E-state index < -0.39 is 0 Å². The van der Waals surface area contributed by atoms with Gasteiger partial charge in [0.05, 0.1) is 12.2 Å². The second-order valence-corrected chi connectivity index (χ2v) is 4.23. The average Bonchev–Trinajstić information content (AvgIpc) is 2.28. The molecule has 2 rings (SSSR count). The lowest BCUT2D eigenvalue weighted by Gasteiger charge is -2.36. The van der Waals surface area contributed by atoms with E-state index in [1.807, 2.05) is 6.07 Å². The first-order chi connectivity index (χ1) is 7.69. The summed E-state index contributed by atoms with van der Waals surface area (Å²) in [6, 6.07) is 3.68. The smallest absolute Gasteiger partial charge is 0.151 e. The van der Waals surface area contributed by atoms with Crippen LogP contribution in [0, 0.1) is 0 Å². The van der Waals surface area contributed by atoms with Crippen molar-refractivity contribution in [3.8, 4) is 0 Å². The van der Waals surface area contributed by atoms with Crippen LogP contribution in [0.2, 0.25) is 0 Å². The van der Waals surface area contributed by atoms with Crippen LogP contribution in [0.15, 0.2) is 18.3 Å². The van der Waals surface area contributed by atoms with Crippen LogP contribution >= 0.6 is 0 Å². The first-order valence-electron chi connectivity index (χ1n) is 5.50. The summed E-state index contributed by atoms with van der Waals surface area (Å²) >= 11 is 0. The second kappa shape index (κ2) is 4.61. The highest BCUT2D eigenvalue weighted by Crippen LogP contribution is 2.17. The minimum absolute atomic E-state index is 0.219. The molecule has 0 aliphatic carbocycles. The standard InChI is InChI=1S/C12H16N2O2/c1-9-6-14(7-10(2)16-9)12-4-3-11(8-15)5-13-12/h3-5,8-10H,6-7H2,1-2H3/t9-,10-/m1/s1. The van der Waals surface area contributed by atoms with Crippen LogP contribution in [0.3, 0.4) is 0 Å². The largest absolute Gasteiger partial charge is 0.372 e. The summed E-state index contributed by atoms with van der Waals surface area (Å²) in [6.07, 6.45) is 2.85. The summed E-state index contributed by atoms with van der Waals surface area (Å²) in [5.74, 6) is 0.910. The van der Waals surface area contributed by atoms with Crippen molar-refractivity contribution in [1.29, 1.82) is 0 Å². The summed E-state index contributed by atoms with van der Waals surface area (Å²) in [5.41, 5.74) is 0.609. The van der Waals surface area contributed by atoms with Crippen molar-refractivity contribution in [2.24, 2.45) is 0 Å². The lowest BCUT2D eigenvalue weighted by molar-refractivity contribution is -0.00546. The molecule has 1 aliphatic rings. The SMILES string of the molecule is C[C@@H]1CN(c2ccc(C=O)cn2)C[C@@H](C)O1. The van der Waals surface area contributed by atoms with Crippen molar-refractivity contribution in [2.45, 2.75) is 26.1 Å². The number of aldehydes is 1. The van der Waals surface area contributed by atoms with E-state index in [1.54, 1.807) is 12.3 Å². The van der Waals surface area contributed by atoms with Crippen LogP contribution < -0.4 is 4.90 Å². The van der Waals surface area contributed by atoms with E-state index in [-0.39, 0.29) is 12.2 Å². The van der Waals surface area contributed by atoms with Gasteiger partial charge >= 0.3 is 0 Å². The Hall–Kier alpha value is -1.42. The van der Waals surface area contributed by atoms with E-state index in [9.17, 15) is 4.79 Å². The fourth-order valence-corrected chi connectivity index (χ4v) is 2.02. The molecule has 0 radical (unpaired) electrons. The van der Waals surface area contributed by atoms with Crippen LogP contribution in [-0.4, -0.2) is 36.6 Å². The molecule has 0 saturated carbocycles. The molecule has 2 atom stereocenters. The van der Waals surface area contributed by atoms with Crippen LogP contribution in [0.5, 0.6) is 0 Å². The Morgan fingerprint density at radius 1 is 1.38 bits per heavy atom. The van der Waals surface area contributed by atoms with Gasteiger partial charge in [0.2, 0.25) is 0 Å². The van der Waals surface area contributed by atoms with Crippen molar-refractivity contribution < 1.29 is 9.53 Å². The van der Waals surface area contributed by atoms with Gasteiger partial charge in [-0.2, -0.15) is 0 Å². The first-order valence-corrected chi connectivity index (χ1v) is 5.50. The van der Waals surface area contributed by atoms with Gasteiger partial charge in [-0.1, -0.05) is 0 Å². The van der Waals surface area contributed by atoms with Crippen molar-refractivity contribution in [3.05, 3.63) is 23.9 Å². The molecule has 2 heterocycles. The van der Waals surface area contributed by atoms with Gasteiger partial charge in [0, 0.05) is 24.8 Å². The molecule has 0 bridgehead atoms. The van der Waals surface area contributed by atoms with Crippen LogP contribution in [0.1, 0.15) is 24.2 Å². The van der Waals surface area contributed by atoms with Gasteiger partial charge in [-0.25, -0.2) is 4.98 Å². The molecule has 16 heavy (non-hydrogen) atoms. The molecule has 0 amide bonds. The van der Waals surface area contributed by atoms with Gasteiger partial charge in [-0.05, 0) is 26.0 Å². The van der Waals surface area contributed by atoms with E-state index in [2.05, 4.69) is 23.7 Å². The molecular formula is C12H16N2O2. The summed E-state index contributed by atoms with van der Waals surface area (Å²) in [4.78, 5) is 17.0. The molecular weight excluding hydrogens is 204 g/mol. The zero-order valence-electron chi connectivity index (χ0n) is 9.59. The topological polar surface area (TPSA) is 42.4 Å². The molecule has 4 nitrogen and oxygen atoms in total. The van der Waals surface area contributed by atoms with Gasteiger partial charge in [0.15, 0.2) is 6.29 Å². The van der Waals surface area contributed by atoms with E-state index in [1.165, 1.54) is 0 Å². The van der Waals surface area contributed by atoms with Gasteiger partial charge in [-0.15, -0.1) is 0 Å². The molecule has 1 aromatic heterocycles. The first kappa shape index (κ1) is 11.1. The predicted octanol–water partition coefficient (Wildman–Crippen LogP) is 1.51. The Bertz CT molecular complexity index is 354. The quantitative estimate of drug-likeness (QED) is 0.708. The van der Waals surface area contributed by atoms with Gasteiger partial charge in [0.1, 0.15) is 5.82 Å². The van der Waals surface area contributed by atoms with Crippen LogP contribution in [0.4, 0.5) is 5.82 Å². The number of carbonyl (C=O) groups excluding carboxylic acids is 1. The molecule has 1 aliphatic heterocycles. The molecule has 1 fully saturated rings. The number of hydrogen-bond donors (Lipinski definition) is 0. The number of anilines is 1. The third kappa shape index (κ3) is 2.39. The fourth-order valence-electron chi connectivity index (χ4n) is 2.02. The fraction of sp³-hybridized carbons (Fsp3) is 0.500. The predicted molar refractivity (Wildman–Crippen MR) is 61.8 cm³/mol. The number of carbonyl (C=O) groups is 1. The summed E-state index contributed by atoms with van der Waals surface area (Å²) in [7, 11) is 0. The zero-order valence-corrected chi connectivity index (χ0v) is 9.59. The maximum absolute atomic E-state index is 10.5. The van der Waals surface area contributed by atoms with Gasteiger partial charge < -0.3 is 9.64 Å². The molecule has 1 aromatic rings.